The molecule has 7 heteroatoms. The molecular formula is C20H27ClN2O3S. The van der Waals surface area contributed by atoms with E-state index in [4.69, 9.17) is 10.7 Å². The molecule has 1 aromatic heterocycles. The molecule has 0 saturated heterocycles. The first-order valence-corrected chi connectivity index (χ1v) is 11.7. The topological polar surface area (TPSA) is 68.2 Å². The van der Waals surface area contributed by atoms with Crippen molar-refractivity contribution < 1.29 is 13.2 Å². The fourth-order valence-electron chi connectivity index (χ4n) is 3.07. The molecule has 0 spiro atoms. The molecule has 1 heterocycles. The Bertz CT molecular complexity index is 847. The average Bonchev–Trinajstić information content (AvgIpc) is 3.05. The number of amides is 1. The van der Waals surface area contributed by atoms with E-state index in [1.54, 1.807) is 4.57 Å². The first-order chi connectivity index (χ1) is 12.8. The van der Waals surface area contributed by atoms with Gasteiger partial charge in [-0.1, -0.05) is 63.4 Å². The second kappa shape index (κ2) is 9.95. The lowest BCUT2D eigenvalue weighted by Gasteiger charge is -2.18. The highest BCUT2D eigenvalue weighted by Gasteiger charge is 2.22. The molecule has 1 unspecified atom stereocenters. The molecule has 148 valence electrons. The van der Waals surface area contributed by atoms with E-state index in [2.05, 4.69) is 19.2 Å². The van der Waals surface area contributed by atoms with Gasteiger partial charge in [-0.15, -0.1) is 0 Å². The van der Waals surface area contributed by atoms with Crippen LogP contribution in [0, 0.1) is 0 Å². The number of benzene rings is 1. The van der Waals surface area contributed by atoms with Crippen molar-refractivity contribution in [2.75, 3.05) is 0 Å². The summed E-state index contributed by atoms with van der Waals surface area (Å²) in [5.41, 5.74) is 1.27. The summed E-state index contributed by atoms with van der Waals surface area (Å²) in [5, 5.41) is 3.06. The van der Waals surface area contributed by atoms with Crippen LogP contribution in [-0.2, 0) is 15.6 Å². The molecule has 1 aromatic carbocycles. The van der Waals surface area contributed by atoms with Gasteiger partial charge in [0.2, 0.25) is 0 Å². The lowest BCUT2D eigenvalue weighted by atomic mass is 10.1. The minimum absolute atomic E-state index is 0.0640. The zero-order valence-electron chi connectivity index (χ0n) is 15.8. The van der Waals surface area contributed by atoms with E-state index in [-0.39, 0.29) is 16.8 Å². The van der Waals surface area contributed by atoms with E-state index in [0.29, 0.717) is 12.2 Å². The van der Waals surface area contributed by atoms with Gasteiger partial charge < -0.3 is 9.88 Å². The summed E-state index contributed by atoms with van der Waals surface area (Å²) >= 11 is 0. The maximum absolute atomic E-state index is 12.9. The van der Waals surface area contributed by atoms with Crippen LogP contribution in [0.15, 0.2) is 47.5 Å². The van der Waals surface area contributed by atoms with Gasteiger partial charge in [0.1, 0.15) is 10.6 Å². The van der Waals surface area contributed by atoms with E-state index in [1.165, 1.54) is 12.3 Å². The van der Waals surface area contributed by atoms with Crippen LogP contribution in [0.25, 0.3) is 0 Å². The van der Waals surface area contributed by atoms with Crippen LogP contribution in [0.1, 0.15) is 62.0 Å². The Balaban J connectivity index is 2.29. The molecule has 2 aromatic rings. The molecule has 0 aliphatic carbocycles. The monoisotopic (exact) mass is 410 g/mol. The average molecular weight is 411 g/mol. The van der Waals surface area contributed by atoms with E-state index in [0.717, 1.165) is 37.7 Å². The highest BCUT2D eigenvalue weighted by molar-refractivity contribution is 8.13. The fourth-order valence-corrected chi connectivity index (χ4v) is 3.82. The predicted molar refractivity (Wildman–Crippen MR) is 109 cm³/mol. The fraction of sp³-hybridized carbons (Fsp3) is 0.450. The van der Waals surface area contributed by atoms with Gasteiger partial charge in [-0.3, -0.25) is 4.79 Å². The maximum Gasteiger partial charge on any atom is 0.268 e. The van der Waals surface area contributed by atoms with Gasteiger partial charge in [-0.2, -0.15) is 0 Å². The van der Waals surface area contributed by atoms with Crippen LogP contribution in [-0.4, -0.2) is 24.9 Å². The summed E-state index contributed by atoms with van der Waals surface area (Å²) in [6.45, 7) is 4.60. The molecule has 27 heavy (non-hydrogen) atoms. The minimum atomic E-state index is -3.91. The Kier molecular flexibility index (Phi) is 7.92. The second-order valence-corrected chi connectivity index (χ2v) is 9.28. The number of carbonyl (C=O) groups is 1. The van der Waals surface area contributed by atoms with Crippen molar-refractivity contribution in [3.05, 3.63) is 53.9 Å². The maximum atomic E-state index is 12.9. The van der Waals surface area contributed by atoms with Crippen molar-refractivity contribution in [3.63, 3.8) is 0 Å². The van der Waals surface area contributed by atoms with Crippen LogP contribution in [0.5, 0.6) is 0 Å². The Labute approximate surface area is 166 Å². The molecule has 0 bridgehead atoms. The van der Waals surface area contributed by atoms with Crippen molar-refractivity contribution in [1.29, 1.82) is 0 Å². The Morgan fingerprint density at radius 1 is 1.15 bits per heavy atom. The molecule has 5 nitrogen and oxygen atoms in total. The zero-order chi connectivity index (χ0) is 19.9. The highest BCUT2D eigenvalue weighted by atomic mass is 35.7. The number of nitrogens with one attached hydrogen (secondary N) is 1. The summed E-state index contributed by atoms with van der Waals surface area (Å²) in [5.74, 6) is -0.271. The molecule has 0 aliphatic heterocycles. The predicted octanol–water partition coefficient (Wildman–Crippen LogP) is 4.55. The third-order valence-electron chi connectivity index (χ3n) is 4.46. The van der Waals surface area contributed by atoms with Crippen LogP contribution < -0.4 is 5.32 Å². The van der Waals surface area contributed by atoms with E-state index in [9.17, 15) is 13.2 Å². The summed E-state index contributed by atoms with van der Waals surface area (Å²) in [6, 6.07) is 11.0. The summed E-state index contributed by atoms with van der Waals surface area (Å²) in [4.78, 5) is 12.8. The number of aromatic nitrogens is 1. The van der Waals surface area contributed by atoms with Gasteiger partial charge in [0, 0.05) is 29.5 Å². The Morgan fingerprint density at radius 3 is 2.44 bits per heavy atom. The molecule has 1 N–H and O–H groups in total. The van der Waals surface area contributed by atoms with Gasteiger partial charge in [0.05, 0.1) is 0 Å². The Hall–Kier alpha value is -1.79. The third kappa shape index (κ3) is 6.40. The highest BCUT2D eigenvalue weighted by Crippen LogP contribution is 2.20. The number of rotatable bonds is 10. The second-order valence-electron chi connectivity index (χ2n) is 6.71. The standard InChI is InChI=1S/C20H27ClN2O3S/c1-3-5-12-17(9-4-2)22-20(24)19-13-18(27(21,25)26)15-23(19)14-16-10-7-6-8-11-16/h6-8,10-11,13,15,17H,3-5,9,12,14H2,1-2H3,(H,22,24). The van der Waals surface area contributed by atoms with Gasteiger partial charge in [0.15, 0.2) is 0 Å². The summed E-state index contributed by atoms with van der Waals surface area (Å²) < 4.78 is 25.2. The first-order valence-electron chi connectivity index (χ1n) is 9.34. The SMILES string of the molecule is CCCCC(CCC)NC(=O)c1cc(S(=O)(=O)Cl)cn1Cc1ccccc1. The first kappa shape index (κ1) is 21.5. The quantitative estimate of drug-likeness (QED) is 0.584. The largest absolute Gasteiger partial charge is 0.348 e. The third-order valence-corrected chi connectivity index (χ3v) is 5.78. The number of halogens is 1. The minimum Gasteiger partial charge on any atom is -0.348 e. The lowest BCUT2D eigenvalue weighted by molar-refractivity contribution is 0.0923. The molecule has 1 amide bonds. The molecule has 1 atom stereocenters. The molecular weight excluding hydrogens is 384 g/mol. The van der Waals surface area contributed by atoms with E-state index >= 15 is 0 Å². The number of hydrogen-bond donors (Lipinski definition) is 1. The normalized spacial score (nSPS) is 12.7. The smallest absolute Gasteiger partial charge is 0.268 e. The van der Waals surface area contributed by atoms with Gasteiger partial charge in [-0.25, -0.2) is 8.42 Å². The van der Waals surface area contributed by atoms with Gasteiger partial charge >= 0.3 is 0 Å². The van der Waals surface area contributed by atoms with Crippen molar-refractivity contribution >= 4 is 25.6 Å². The van der Waals surface area contributed by atoms with Crippen molar-refractivity contribution in [2.24, 2.45) is 0 Å². The van der Waals surface area contributed by atoms with Gasteiger partial charge in [0.25, 0.3) is 15.0 Å². The zero-order valence-corrected chi connectivity index (χ0v) is 17.4. The molecule has 0 saturated carbocycles. The van der Waals surface area contributed by atoms with Crippen molar-refractivity contribution in [2.45, 2.75) is 63.4 Å². The van der Waals surface area contributed by atoms with Crippen molar-refractivity contribution in [1.82, 2.24) is 9.88 Å². The van der Waals surface area contributed by atoms with Crippen LogP contribution in [0.4, 0.5) is 0 Å². The summed E-state index contributed by atoms with van der Waals surface area (Å²) in [7, 11) is 1.59. The summed E-state index contributed by atoms with van der Waals surface area (Å²) in [6.07, 6.45) is 6.31. The number of carbonyl (C=O) groups excluding carboxylic acids is 1. The lowest BCUT2D eigenvalue weighted by Crippen LogP contribution is -2.36. The van der Waals surface area contributed by atoms with Crippen LogP contribution >= 0.6 is 10.7 Å². The molecule has 0 radical (unpaired) electrons. The van der Waals surface area contributed by atoms with Crippen LogP contribution in [0.2, 0.25) is 0 Å². The number of hydrogen-bond acceptors (Lipinski definition) is 3. The Morgan fingerprint density at radius 2 is 1.85 bits per heavy atom. The number of nitrogens with zero attached hydrogens (tertiary/aromatic N) is 1. The van der Waals surface area contributed by atoms with E-state index in [1.807, 2.05) is 30.3 Å². The molecule has 0 fully saturated rings. The molecule has 2 rings (SSSR count). The molecule has 0 aliphatic rings. The van der Waals surface area contributed by atoms with Gasteiger partial charge in [-0.05, 0) is 24.5 Å². The van der Waals surface area contributed by atoms with Crippen LogP contribution in [0.3, 0.4) is 0 Å². The number of unbranched alkanes of at least 4 members (excludes halogenated alkanes) is 1. The van der Waals surface area contributed by atoms with E-state index < -0.39 is 9.05 Å². The van der Waals surface area contributed by atoms with Crippen molar-refractivity contribution in [3.8, 4) is 0 Å².